The van der Waals surface area contributed by atoms with Crippen molar-refractivity contribution in [2.24, 2.45) is 0 Å². The minimum absolute atomic E-state index is 0.00119. The number of piperazine rings is 2. The Hall–Kier alpha value is -6.59. The summed E-state index contributed by atoms with van der Waals surface area (Å²) >= 11 is 6.17. The highest BCUT2D eigenvalue weighted by Crippen LogP contribution is 2.35. The maximum absolute atomic E-state index is 13.0. The SMILES string of the molecule is C[C@H]1CN(c2nnc(-c3ccc(C(F)(F)F)cc3)c3ccncc23)CCN1C(=O)N1CCCCC1.C[C@H]1CN(c2nnc(Cl)c3ccncc23)CCN1C(=O)N1CCCCC1.OB(O)c1ccc(C(F)(F)F)cc1. The molecule has 392 valence electrons. The quantitative estimate of drug-likeness (QED) is 0.129. The fraction of sp³-hybridized carbons (Fsp3) is 0.440. The first-order valence-corrected chi connectivity index (χ1v) is 24.9. The molecule has 4 aromatic heterocycles. The summed E-state index contributed by atoms with van der Waals surface area (Å²) < 4.78 is 74.9. The Labute approximate surface area is 429 Å². The van der Waals surface area contributed by atoms with E-state index in [-0.39, 0.29) is 29.6 Å². The van der Waals surface area contributed by atoms with Crippen molar-refractivity contribution in [3.8, 4) is 11.3 Å². The van der Waals surface area contributed by atoms with Gasteiger partial charge in [0.05, 0.1) is 11.1 Å². The van der Waals surface area contributed by atoms with Gasteiger partial charge in [-0.1, -0.05) is 48.0 Å². The number of alkyl halides is 6. The fourth-order valence-corrected chi connectivity index (χ4v) is 9.88. The summed E-state index contributed by atoms with van der Waals surface area (Å²) in [6, 6.07) is 12.6. The predicted molar refractivity (Wildman–Crippen MR) is 270 cm³/mol. The number of benzene rings is 2. The normalized spacial score (nSPS) is 18.6. The van der Waals surface area contributed by atoms with E-state index in [1.54, 1.807) is 30.9 Å². The van der Waals surface area contributed by atoms with Crippen LogP contribution in [0.5, 0.6) is 0 Å². The minimum atomic E-state index is -4.39. The van der Waals surface area contributed by atoms with Crippen LogP contribution in [0.25, 0.3) is 32.8 Å². The van der Waals surface area contributed by atoms with Gasteiger partial charge in [-0.3, -0.25) is 9.97 Å². The van der Waals surface area contributed by atoms with Crippen molar-refractivity contribution in [2.75, 3.05) is 75.2 Å². The van der Waals surface area contributed by atoms with E-state index in [2.05, 4.69) is 47.1 Å². The van der Waals surface area contributed by atoms with E-state index in [1.165, 1.54) is 25.0 Å². The van der Waals surface area contributed by atoms with E-state index in [1.807, 2.05) is 32.6 Å². The average Bonchev–Trinajstić information content (AvgIpc) is 3.41. The summed E-state index contributed by atoms with van der Waals surface area (Å²) in [4.78, 5) is 46.5. The summed E-state index contributed by atoms with van der Waals surface area (Å²) in [5.74, 6) is 1.45. The van der Waals surface area contributed by atoms with Crippen molar-refractivity contribution >= 4 is 69.4 Å². The van der Waals surface area contributed by atoms with Crippen molar-refractivity contribution in [3.63, 3.8) is 0 Å². The van der Waals surface area contributed by atoms with Gasteiger partial charge < -0.3 is 39.4 Å². The molecule has 2 atom stereocenters. The number of hydrogen-bond acceptors (Lipinski definition) is 12. The first kappa shape index (κ1) is 53.7. The van der Waals surface area contributed by atoms with Crippen LogP contribution in [0.1, 0.15) is 63.5 Å². The number of hydrogen-bond donors (Lipinski definition) is 2. The highest BCUT2D eigenvalue weighted by atomic mass is 35.5. The van der Waals surface area contributed by atoms with Gasteiger partial charge in [-0.05, 0) is 82.1 Å². The molecule has 10 rings (SSSR count). The molecule has 0 radical (unpaired) electrons. The number of urea groups is 2. The van der Waals surface area contributed by atoms with E-state index >= 15 is 0 Å². The van der Waals surface area contributed by atoms with Crippen LogP contribution in [0.15, 0.2) is 85.5 Å². The zero-order valence-electron chi connectivity index (χ0n) is 40.9. The maximum atomic E-state index is 13.0. The largest absolute Gasteiger partial charge is 0.488 e. The standard InChI is InChI=1S/C25H27F3N6O.C18H23ClN6O.C7H6BF3O2/c1-17-16-33(13-14-34(17)24(35)32-11-3-2-4-12-32)23-21-15-29-10-9-20(21)22(30-31-23)18-5-7-19(8-6-18)25(26,27)28;1-13-12-24(9-10-25(13)18(26)23-7-3-2-4-8-23)17-15-11-20-6-5-14(15)16(19)21-22-17;9-7(10,11)5-1-3-6(4-2-5)8(12)13/h5-10,15,17H,2-4,11-14,16H2,1H3;5-6,11,13H,2-4,7-10,12H2,1H3;1-4,12-13H/t17-;13-;/m00./s1. The number of carbonyl (C=O) groups is 2. The lowest BCUT2D eigenvalue weighted by atomic mass is 9.80. The molecule has 8 heterocycles. The average molecular weight is 1050 g/mol. The molecule has 0 saturated carbocycles. The number of amides is 4. The number of aromatic nitrogens is 6. The van der Waals surface area contributed by atoms with Crippen LogP contribution >= 0.6 is 11.6 Å². The van der Waals surface area contributed by atoms with Crippen molar-refractivity contribution in [2.45, 2.75) is 76.8 Å². The molecule has 0 spiro atoms. The lowest BCUT2D eigenvalue weighted by Crippen LogP contribution is -2.58. The second-order valence-corrected chi connectivity index (χ2v) is 19.1. The van der Waals surface area contributed by atoms with E-state index in [9.17, 15) is 35.9 Å². The van der Waals surface area contributed by atoms with Crippen LogP contribution in [0, 0.1) is 0 Å². The Morgan fingerprint density at radius 2 is 0.986 bits per heavy atom. The van der Waals surface area contributed by atoms with Gasteiger partial charge >= 0.3 is 31.5 Å². The zero-order valence-corrected chi connectivity index (χ0v) is 41.6. The van der Waals surface area contributed by atoms with Gasteiger partial charge in [0.15, 0.2) is 16.8 Å². The van der Waals surface area contributed by atoms with Crippen LogP contribution < -0.4 is 15.3 Å². The van der Waals surface area contributed by atoms with Gasteiger partial charge in [-0.25, -0.2) is 9.59 Å². The van der Waals surface area contributed by atoms with E-state index in [0.29, 0.717) is 48.4 Å². The summed E-state index contributed by atoms with van der Waals surface area (Å²) in [6.07, 6.45) is 4.78. The minimum Gasteiger partial charge on any atom is -0.423 e. The molecule has 2 aromatic carbocycles. The molecule has 0 bridgehead atoms. The summed E-state index contributed by atoms with van der Waals surface area (Å²) in [7, 11) is -1.73. The van der Waals surface area contributed by atoms with Crippen LogP contribution in [0.2, 0.25) is 5.15 Å². The molecule has 4 fully saturated rings. The molecule has 4 aliphatic rings. The fourth-order valence-electron chi connectivity index (χ4n) is 9.68. The van der Waals surface area contributed by atoms with Crippen molar-refractivity contribution < 1.29 is 46.0 Å². The Morgan fingerprint density at radius 3 is 1.43 bits per heavy atom. The van der Waals surface area contributed by atoms with Crippen molar-refractivity contribution in [1.82, 2.24) is 50.0 Å². The third-order valence-corrected chi connectivity index (χ3v) is 14.0. The first-order valence-electron chi connectivity index (χ1n) is 24.6. The van der Waals surface area contributed by atoms with E-state index in [0.717, 1.165) is 129 Å². The Balaban J connectivity index is 0.000000164. The topological polar surface area (TPSA) is 171 Å². The molecular weight excluding hydrogens is 993 g/mol. The smallest absolute Gasteiger partial charge is 0.423 e. The molecule has 74 heavy (non-hydrogen) atoms. The third kappa shape index (κ3) is 12.5. The molecule has 6 aromatic rings. The first-order chi connectivity index (χ1) is 35.4. The number of rotatable bonds is 4. The lowest BCUT2D eigenvalue weighted by molar-refractivity contribution is -0.138. The summed E-state index contributed by atoms with van der Waals surface area (Å²) in [5.41, 5.74) is -0.418. The molecule has 4 aliphatic heterocycles. The van der Waals surface area contributed by atoms with Crippen LogP contribution in [0.3, 0.4) is 0 Å². The van der Waals surface area contributed by atoms with Gasteiger partial charge in [0.1, 0.15) is 5.69 Å². The molecular formula is C50H56BClF6N12O4. The molecule has 24 heteroatoms. The predicted octanol–water partition coefficient (Wildman–Crippen LogP) is 8.01. The number of carbonyl (C=O) groups excluding carboxylic acids is 2. The van der Waals surface area contributed by atoms with Gasteiger partial charge in [-0.2, -0.15) is 26.3 Å². The molecule has 2 N–H and O–H groups in total. The maximum Gasteiger partial charge on any atom is 0.488 e. The number of piperidine rings is 2. The van der Waals surface area contributed by atoms with E-state index in [4.69, 9.17) is 21.6 Å². The van der Waals surface area contributed by atoms with Crippen molar-refractivity contribution in [1.29, 1.82) is 0 Å². The van der Waals surface area contributed by atoms with Crippen LogP contribution in [-0.4, -0.2) is 157 Å². The number of likely N-dealkylation sites (tertiary alicyclic amines) is 2. The van der Waals surface area contributed by atoms with Crippen LogP contribution in [0.4, 0.5) is 47.6 Å². The van der Waals surface area contributed by atoms with Gasteiger partial charge in [-0.15, -0.1) is 20.4 Å². The summed E-state index contributed by atoms with van der Waals surface area (Å²) in [5, 5.41) is 38.2. The van der Waals surface area contributed by atoms with Crippen LogP contribution in [-0.2, 0) is 12.4 Å². The molecule has 0 aliphatic carbocycles. The highest BCUT2D eigenvalue weighted by molar-refractivity contribution is 6.58. The number of halogens is 7. The Bertz CT molecular complexity index is 2880. The van der Waals surface area contributed by atoms with Gasteiger partial charge in [0.25, 0.3) is 0 Å². The Kier molecular flexibility index (Phi) is 16.9. The molecule has 4 amide bonds. The molecule has 0 unspecified atom stereocenters. The monoisotopic (exact) mass is 1050 g/mol. The second kappa shape index (κ2) is 23.3. The number of anilines is 2. The zero-order chi connectivity index (χ0) is 52.7. The number of pyridine rings is 2. The van der Waals surface area contributed by atoms with Gasteiger partial charge in [0, 0.05) is 129 Å². The summed E-state index contributed by atoms with van der Waals surface area (Å²) in [6.45, 7) is 11.5. The van der Waals surface area contributed by atoms with Gasteiger partial charge in [0.2, 0.25) is 0 Å². The molecule has 4 saturated heterocycles. The van der Waals surface area contributed by atoms with Crippen molar-refractivity contribution in [3.05, 3.63) is 102 Å². The Morgan fingerprint density at radius 1 is 0.554 bits per heavy atom. The second-order valence-electron chi connectivity index (χ2n) is 18.7. The lowest BCUT2D eigenvalue weighted by Gasteiger charge is -2.43. The molecule has 16 nitrogen and oxygen atoms in total. The third-order valence-electron chi connectivity index (χ3n) is 13.7. The highest BCUT2D eigenvalue weighted by Gasteiger charge is 2.35. The number of nitrogens with zero attached hydrogens (tertiary/aromatic N) is 12. The number of fused-ring (bicyclic) bond motifs is 2. The van der Waals surface area contributed by atoms with E-state index < -0.39 is 30.6 Å².